The summed E-state index contributed by atoms with van der Waals surface area (Å²) in [7, 11) is 4.29. The van der Waals surface area contributed by atoms with Crippen molar-refractivity contribution in [1.82, 2.24) is 34.2 Å². The van der Waals surface area contributed by atoms with Crippen LogP contribution >= 0.6 is 23.2 Å². The van der Waals surface area contributed by atoms with Crippen LogP contribution in [-0.2, 0) is 20.5 Å². The molecular formula is C39H38Cl2F2N8O5. The van der Waals surface area contributed by atoms with Gasteiger partial charge >= 0.3 is 11.7 Å². The fourth-order valence-electron chi connectivity index (χ4n) is 8.44. The number of pyridine rings is 2. The zero-order valence-corrected chi connectivity index (χ0v) is 32.2. The third-order valence-electron chi connectivity index (χ3n) is 11.2. The highest BCUT2D eigenvalue weighted by molar-refractivity contribution is 6.39. The van der Waals surface area contributed by atoms with Crippen LogP contribution in [0, 0.1) is 0 Å². The van der Waals surface area contributed by atoms with E-state index >= 15 is 0 Å². The second kappa shape index (κ2) is 14.4. The summed E-state index contributed by atoms with van der Waals surface area (Å²) in [5.41, 5.74) is 2.36. The van der Waals surface area contributed by atoms with Crippen LogP contribution in [0.4, 0.5) is 25.1 Å². The minimum atomic E-state index is -2.97. The molecule has 2 unspecified atom stereocenters. The molecule has 2 amide bonds. The number of likely N-dealkylation sites (tertiary alicyclic amines) is 1. The number of carbonyl (C=O) groups is 1. The van der Waals surface area contributed by atoms with Gasteiger partial charge in [-0.05, 0) is 43.0 Å². The van der Waals surface area contributed by atoms with Crippen molar-refractivity contribution in [2.24, 2.45) is 14.1 Å². The Labute approximate surface area is 329 Å². The van der Waals surface area contributed by atoms with Crippen molar-refractivity contribution in [3.05, 3.63) is 96.2 Å². The Hall–Kier alpha value is -5.09. The quantitative estimate of drug-likeness (QED) is 0.168. The van der Waals surface area contributed by atoms with Gasteiger partial charge in [-0.2, -0.15) is 0 Å². The summed E-state index contributed by atoms with van der Waals surface area (Å²) in [6.07, 6.45) is -0.520. The van der Waals surface area contributed by atoms with Gasteiger partial charge in [0.2, 0.25) is 5.88 Å². The van der Waals surface area contributed by atoms with Crippen molar-refractivity contribution in [2.75, 3.05) is 45.2 Å². The predicted molar refractivity (Wildman–Crippen MR) is 209 cm³/mol. The fourth-order valence-corrected chi connectivity index (χ4v) is 9.04. The van der Waals surface area contributed by atoms with Crippen molar-refractivity contribution in [2.45, 2.75) is 37.3 Å². The monoisotopic (exact) mass is 806 g/mol. The van der Waals surface area contributed by atoms with Gasteiger partial charge in [0.25, 0.3) is 12.0 Å². The Kier molecular flexibility index (Phi) is 9.76. The Balaban J connectivity index is 1.12. The molecule has 13 nitrogen and oxygen atoms in total. The highest BCUT2D eigenvalue weighted by Gasteiger charge is 2.49. The second-order valence-corrected chi connectivity index (χ2v) is 15.2. The van der Waals surface area contributed by atoms with Gasteiger partial charge in [-0.3, -0.25) is 18.8 Å². The third-order valence-corrected chi connectivity index (χ3v) is 12.0. The Morgan fingerprint density at radius 3 is 2.48 bits per heavy atom. The lowest BCUT2D eigenvalue weighted by molar-refractivity contribution is 0.146. The van der Waals surface area contributed by atoms with E-state index in [9.17, 15) is 28.3 Å². The van der Waals surface area contributed by atoms with E-state index in [1.165, 1.54) is 14.1 Å². The lowest BCUT2D eigenvalue weighted by atomic mass is 9.99. The molecule has 2 aliphatic heterocycles. The zero-order valence-electron chi connectivity index (χ0n) is 30.7. The molecule has 0 radical (unpaired) electrons. The van der Waals surface area contributed by atoms with Crippen molar-refractivity contribution in [1.29, 1.82) is 0 Å². The molecule has 17 heteroatoms. The highest BCUT2D eigenvalue weighted by atomic mass is 35.5. The van der Waals surface area contributed by atoms with Crippen LogP contribution in [0.5, 0.6) is 5.88 Å². The van der Waals surface area contributed by atoms with Crippen LogP contribution in [0.25, 0.3) is 33.3 Å². The largest absolute Gasteiger partial charge is 0.481 e. The first-order valence-corrected chi connectivity index (χ1v) is 18.8. The third kappa shape index (κ3) is 6.26. The summed E-state index contributed by atoms with van der Waals surface area (Å²) in [4.78, 5) is 51.6. The number of β-amino-alcohol motifs (C(OH)–C–C–N with tert-alkyl or cyclic N) is 1. The van der Waals surface area contributed by atoms with Crippen LogP contribution in [-0.4, -0.2) is 85.5 Å². The predicted octanol–water partition coefficient (Wildman–Crippen LogP) is 5.81. The van der Waals surface area contributed by atoms with Gasteiger partial charge in [0, 0.05) is 68.6 Å². The molecule has 3 N–H and O–H groups in total. The number of anilines is 2. The summed E-state index contributed by atoms with van der Waals surface area (Å²) in [6, 6.07) is 13.6. The molecular weight excluding hydrogens is 769 g/mol. The molecule has 0 bridgehead atoms. The Morgan fingerprint density at radius 1 is 1.02 bits per heavy atom. The minimum absolute atomic E-state index is 0.00485. The van der Waals surface area contributed by atoms with Gasteiger partial charge < -0.3 is 25.4 Å². The van der Waals surface area contributed by atoms with Crippen LogP contribution in [0.1, 0.15) is 42.1 Å². The van der Waals surface area contributed by atoms with Gasteiger partial charge in [0.05, 0.1) is 46.2 Å². The van der Waals surface area contributed by atoms with E-state index in [1.807, 2.05) is 18.2 Å². The number of ether oxygens (including phenoxy) is 1. The van der Waals surface area contributed by atoms with E-state index < -0.39 is 23.4 Å². The van der Waals surface area contributed by atoms with Crippen LogP contribution in [0.15, 0.2) is 58.1 Å². The number of hydrogen-bond acceptors (Lipinski definition) is 9. The number of nitrogens with one attached hydrogen (secondary N) is 2. The smallest absolute Gasteiger partial charge is 0.330 e. The number of aryl methyl sites for hydroxylation is 2. The molecule has 5 heterocycles. The summed E-state index contributed by atoms with van der Waals surface area (Å²) >= 11 is 14.2. The highest BCUT2D eigenvalue weighted by Crippen LogP contribution is 2.47. The van der Waals surface area contributed by atoms with Crippen molar-refractivity contribution in [3.8, 4) is 28.3 Å². The maximum Gasteiger partial charge on any atom is 0.330 e. The molecule has 2 atom stereocenters. The van der Waals surface area contributed by atoms with E-state index in [1.54, 1.807) is 36.3 Å². The van der Waals surface area contributed by atoms with E-state index in [0.717, 1.165) is 52.1 Å². The number of urea groups is 1. The topological polar surface area (TPSA) is 147 Å². The molecule has 292 valence electrons. The number of fused-ring (bicyclic) bond motifs is 2. The van der Waals surface area contributed by atoms with Crippen LogP contribution in [0.2, 0.25) is 10.0 Å². The number of aromatic nitrogens is 4. The maximum atomic E-state index is 14.0. The van der Waals surface area contributed by atoms with Crippen LogP contribution in [0.3, 0.4) is 0 Å². The molecule has 2 fully saturated rings. The number of nitrogens with zero attached hydrogens (tertiary/aromatic N) is 6. The van der Waals surface area contributed by atoms with E-state index in [-0.39, 0.29) is 51.6 Å². The molecule has 2 saturated heterocycles. The fraction of sp³-hybridized carbons (Fsp3) is 0.359. The second-order valence-electron chi connectivity index (χ2n) is 14.5. The zero-order chi connectivity index (χ0) is 39.6. The summed E-state index contributed by atoms with van der Waals surface area (Å²) in [5.74, 6) is 0.319. The first-order valence-electron chi connectivity index (χ1n) is 18.1. The summed E-state index contributed by atoms with van der Waals surface area (Å²) in [6.45, 7) is 2.25. The number of aliphatic hydroxyl groups is 1. The molecule has 8 rings (SSSR count). The number of carbonyl (C=O) groups excluding carboxylic acids is 1. The average molecular weight is 808 g/mol. The number of benzene rings is 2. The first kappa shape index (κ1) is 37.8. The van der Waals surface area contributed by atoms with Gasteiger partial charge in [0.15, 0.2) is 0 Å². The van der Waals surface area contributed by atoms with Gasteiger partial charge in [-0.25, -0.2) is 28.3 Å². The molecule has 5 aromatic rings. The van der Waals surface area contributed by atoms with Crippen molar-refractivity contribution < 1.29 is 23.4 Å². The number of amides is 2. The van der Waals surface area contributed by atoms with E-state index in [2.05, 4.69) is 20.5 Å². The Morgan fingerprint density at radius 2 is 1.75 bits per heavy atom. The Bertz CT molecular complexity index is 2550. The van der Waals surface area contributed by atoms with E-state index in [4.69, 9.17) is 32.9 Å². The molecule has 1 aliphatic carbocycles. The molecule has 1 spiro atoms. The molecule has 0 saturated carbocycles. The minimum Gasteiger partial charge on any atom is -0.481 e. The first-order chi connectivity index (χ1) is 26.8. The summed E-state index contributed by atoms with van der Waals surface area (Å²) < 4.78 is 35.9. The maximum absolute atomic E-state index is 14.0. The lowest BCUT2D eigenvalue weighted by Crippen LogP contribution is -2.46. The number of methoxy groups -OCH3 is 1. The normalized spacial score (nSPS) is 19.4. The summed E-state index contributed by atoms with van der Waals surface area (Å²) in [5, 5.41) is 16.1. The number of rotatable bonds is 9. The molecule has 3 aromatic heterocycles. The van der Waals surface area contributed by atoms with E-state index in [0.29, 0.717) is 52.9 Å². The van der Waals surface area contributed by atoms with Crippen molar-refractivity contribution in [3.63, 3.8) is 0 Å². The van der Waals surface area contributed by atoms with Gasteiger partial charge in [-0.15, -0.1) is 0 Å². The van der Waals surface area contributed by atoms with Crippen molar-refractivity contribution >= 4 is 51.6 Å². The van der Waals surface area contributed by atoms with Gasteiger partial charge in [0.1, 0.15) is 16.9 Å². The average Bonchev–Trinajstić information content (AvgIpc) is 3.89. The standard InChI is InChI=1S/C39H38Cl2F2N8O5/c1-48-28-17-26(33(42)43)45-34(30(28)36(53)49(2)38(48)55)44-24-9-5-7-22(32(24)41)21-6-4-8-23(31(21)40)25-16-20-10-11-27(29(20)35(46-25)56-3)50-13-12-39(18-50)19-51(14-15-52)37(54)47-39/h4-9,16-17,27,33,52H,10-15,18-19H2,1-3H3,(H,44,45)(H,47,54). The number of aliphatic hydroxyl groups excluding tert-OH is 1. The molecule has 2 aromatic carbocycles. The van der Waals surface area contributed by atoms with Crippen LogP contribution < -0.4 is 26.6 Å². The number of hydrogen-bond donors (Lipinski definition) is 3. The SMILES string of the molecule is COc1nc(-c2cccc(-c3cccc(Nc4nc(C(F)F)cc5c4c(=O)n(C)c(=O)n5C)c3Cl)c2Cl)cc2c1C(N1CCC3(CN(CCO)C(=O)N3)C1)CC2. The number of alkyl halides is 2. The molecule has 56 heavy (non-hydrogen) atoms. The molecule has 3 aliphatic rings. The number of halogens is 4. The lowest BCUT2D eigenvalue weighted by Gasteiger charge is -2.28. The van der Waals surface area contributed by atoms with Gasteiger partial charge in [-0.1, -0.05) is 53.5 Å².